The summed E-state index contributed by atoms with van der Waals surface area (Å²) in [4.78, 5) is 0. The molecule has 0 aliphatic rings. The molecule has 16 heavy (non-hydrogen) atoms. The Hall–Kier alpha value is -1.71. The van der Waals surface area contributed by atoms with Gasteiger partial charge in [-0.15, -0.1) is 0 Å². The van der Waals surface area contributed by atoms with Crippen molar-refractivity contribution in [2.45, 2.75) is 13.3 Å². The van der Waals surface area contributed by atoms with E-state index in [-0.39, 0.29) is 5.56 Å². The maximum Gasteiger partial charge on any atom is 0.264 e. The van der Waals surface area contributed by atoms with Crippen LogP contribution in [-0.2, 0) is 7.05 Å². The zero-order valence-corrected chi connectivity index (χ0v) is 9.11. The van der Waals surface area contributed by atoms with E-state index in [0.717, 1.165) is 11.1 Å². The summed E-state index contributed by atoms with van der Waals surface area (Å²) in [6.45, 7) is 1.80. The SMILES string of the molecule is Cc1ccc(-c2cnn(C)c2)c(C(F)F)c1. The summed E-state index contributed by atoms with van der Waals surface area (Å²) in [5, 5.41) is 3.99. The number of nitrogens with zero attached hydrogens (tertiary/aromatic N) is 2. The van der Waals surface area contributed by atoms with Crippen molar-refractivity contribution in [2.75, 3.05) is 0 Å². The molecule has 0 aliphatic carbocycles. The van der Waals surface area contributed by atoms with Crippen LogP contribution in [0.5, 0.6) is 0 Å². The Bertz CT molecular complexity index is 503. The van der Waals surface area contributed by atoms with Crippen LogP contribution in [0.25, 0.3) is 11.1 Å². The Morgan fingerprint density at radius 1 is 1.31 bits per heavy atom. The Morgan fingerprint density at radius 2 is 2.06 bits per heavy atom. The quantitative estimate of drug-likeness (QED) is 0.762. The third-order valence-electron chi connectivity index (χ3n) is 2.46. The van der Waals surface area contributed by atoms with E-state index in [1.165, 1.54) is 6.07 Å². The molecule has 0 bridgehead atoms. The van der Waals surface area contributed by atoms with Gasteiger partial charge in [0.25, 0.3) is 6.43 Å². The van der Waals surface area contributed by atoms with E-state index in [1.54, 1.807) is 37.1 Å². The summed E-state index contributed by atoms with van der Waals surface area (Å²) in [5.41, 5.74) is 2.17. The molecule has 84 valence electrons. The zero-order chi connectivity index (χ0) is 11.7. The normalized spacial score (nSPS) is 11.1. The van der Waals surface area contributed by atoms with Gasteiger partial charge in [0.1, 0.15) is 0 Å². The van der Waals surface area contributed by atoms with Crippen molar-refractivity contribution in [1.29, 1.82) is 0 Å². The molecular weight excluding hydrogens is 210 g/mol. The van der Waals surface area contributed by atoms with Gasteiger partial charge in [0.15, 0.2) is 0 Å². The van der Waals surface area contributed by atoms with E-state index < -0.39 is 6.43 Å². The number of hydrogen-bond acceptors (Lipinski definition) is 1. The summed E-state index contributed by atoms with van der Waals surface area (Å²) in [5.74, 6) is 0. The van der Waals surface area contributed by atoms with E-state index in [9.17, 15) is 8.78 Å². The van der Waals surface area contributed by atoms with Gasteiger partial charge in [-0.25, -0.2) is 8.78 Å². The fourth-order valence-corrected chi connectivity index (χ4v) is 1.69. The van der Waals surface area contributed by atoms with Crippen LogP contribution in [0.15, 0.2) is 30.6 Å². The second-order valence-corrected chi connectivity index (χ2v) is 3.79. The average Bonchev–Trinajstić information content (AvgIpc) is 2.64. The topological polar surface area (TPSA) is 17.8 Å². The lowest BCUT2D eigenvalue weighted by Gasteiger charge is -2.07. The predicted octanol–water partition coefficient (Wildman–Crippen LogP) is 3.33. The van der Waals surface area contributed by atoms with Gasteiger partial charge in [0.05, 0.1) is 6.20 Å². The van der Waals surface area contributed by atoms with Crippen molar-refractivity contribution >= 4 is 0 Å². The molecule has 2 aromatic rings. The number of hydrogen-bond donors (Lipinski definition) is 0. The Kier molecular flexibility index (Phi) is 2.73. The minimum atomic E-state index is -2.46. The lowest BCUT2D eigenvalue weighted by atomic mass is 10.0. The van der Waals surface area contributed by atoms with Gasteiger partial charge >= 0.3 is 0 Å². The number of alkyl halides is 2. The third kappa shape index (κ3) is 1.96. The van der Waals surface area contributed by atoms with Crippen molar-refractivity contribution in [3.8, 4) is 11.1 Å². The summed E-state index contributed by atoms with van der Waals surface area (Å²) >= 11 is 0. The highest BCUT2D eigenvalue weighted by molar-refractivity contribution is 5.66. The fraction of sp³-hybridized carbons (Fsp3) is 0.250. The molecule has 1 heterocycles. The third-order valence-corrected chi connectivity index (χ3v) is 2.46. The van der Waals surface area contributed by atoms with E-state index in [4.69, 9.17) is 0 Å². The van der Waals surface area contributed by atoms with E-state index in [2.05, 4.69) is 5.10 Å². The second kappa shape index (κ2) is 4.04. The molecule has 0 spiro atoms. The minimum Gasteiger partial charge on any atom is -0.275 e. The summed E-state index contributed by atoms with van der Waals surface area (Å²) in [6.07, 6.45) is 0.864. The van der Waals surface area contributed by atoms with Crippen molar-refractivity contribution in [3.63, 3.8) is 0 Å². The zero-order valence-electron chi connectivity index (χ0n) is 9.11. The fourth-order valence-electron chi connectivity index (χ4n) is 1.69. The Labute approximate surface area is 92.5 Å². The first-order valence-corrected chi connectivity index (χ1v) is 4.95. The molecular formula is C12H12F2N2. The minimum absolute atomic E-state index is 0.0630. The molecule has 0 saturated carbocycles. The van der Waals surface area contributed by atoms with Crippen LogP contribution in [0.1, 0.15) is 17.6 Å². The first kappa shape index (κ1) is 10.8. The molecule has 4 heteroatoms. The van der Waals surface area contributed by atoms with Gasteiger partial charge in [-0.2, -0.15) is 5.10 Å². The van der Waals surface area contributed by atoms with E-state index in [0.29, 0.717) is 5.56 Å². The molecule has 1 aromatic carbocycles. The molecule has 0 radical (unpaired) electrons. The molecule has 0 aliphatic heterocycles. The maximum atomic E-state index is 12.9. The summed E-state index contributed by atoms with van der Waals surface area (Å²) < 4.78 is 27.3. The standard InChI is InChI=1S/C12H12F2N2/c1-8-3-4-10(11(5-8)12(13)14)9-6-15-16(2)7-9/h3-7,12H,1-2H3. The highest BCUT2D eigenvalue weighted by Gasteiger charge is 2.15. The van der Waals surface area contributed by atoms with Crippen molar-refractivity contribution in [1.82, 2.24) is 9.78 Å². The lowest BCUT2D eigenvalue weighted by molar-refractivity contribution is 0.152. The molecule has 0 N–H and O–H groups in total. The van der Waals surface area contributed by atoms with Crippen LogP contribution < -0.4 is 0 Å². The lowest BCUT2D eigenvalue weighted by Crippen LogP contribution is -1.91. The van der Waals surface area contributed by atoms with Gasteiger partial charge in [-0.05, 0) is 18.6 Å². The van der Waals surface area contributed by atoms with Crippen LogP contribution in [-0.4, -0.2) is 9.78 Å². The van der Waals surface area contributed by atoms with E-state index in [1.807, 2.05) is 6.07 Å². The van der Waals surface area contributed by atoms with Crippen LogP contribution in [0.3, 0.4) is 0 Å². The van der Waals surface area contributed by atoms with Crippen molar-refractivity contribution < 1.29 is 8.78 Å². The number of aryl methyl sites for hydroxylation is 2. The number of benzene rings is 1. The van der Waals surface area contributed by atoms with E-state index >= 15 is 0 Å². The van der Waals surface area contributed by atoms with Crippen LogP contribution in [0.2, 0.25) is 0 Å². The van der Waals surface area contributed by atoms with Crippen LogP contribution in [0.4, 0.5) is 8.78 Å². The van der Waals surface area contributed by atoms with Crippen molar-refractivity contribution in [2.24, 2.45) is 7.05 Å². The van der Waals surface area contributed by atoms with Gasteiger partial charge in [-0.3, -0.25) is 4.68 Å². The second-order valence-electron chi connectivity index (χ2n) is 3.79. The maximum absolute atomic E-state index is 12.9. The van der Waals surface area contributed by atoms with Gasteiger partial charge in [-0.1, -0.05) is 17.7 Å². The average molecular weight is 222 g/mol. The molecule has 0 amide bonds. The van der Waals surface area contributed by atoms with Crippen molar-refractivity contribution in [3.05, 3.63) is 41.7 Å². The predicted molar refractivity (Wildman–Crippen MR) is 58.3 cm³/mol. The molecule has 2 rings (SSSR count). The summed E-state index contributed by atoms with van der Waals surface area (Å²) in [7, 11) is 1.76. The van der Waals surface area contributed by atoms with Gasteiger partial charge in [0, 0.05) is 24.4 Å². The molecule has 0 fully saturated rings. The number of rotatable bonds is 2. The molecule has 0 saturated heterocycles. The first-order valence-electron chi connectivity index (χ1n) is 4.95. The smallest absolute Gasteiger partial charge is 0.264 e. The number of aromatic nitrogens is 2. The highest BCUT2D eigenvalue weighted by Crippen LogP contribution is 2.31. The molecule has 2 nitrogen and oxygen atoms in total. The Balaban J connectivity index is 2.56. The number of halogens is 2. The monoisotopic (exact) mass is 222 g/mol. The highest BCUT2D eigenvalue weighted by atomic mass is 19.3. The molecule has 1 aromatic heterocycles. The Morgan fingerprint density at radius 3 is 2.62 bits per heavy atom. The largest absolute Gasteiger partial charge is 0.275 e. The van der Waals surface area contributed by atoms with Crippen LogP contribution >= 0.6 is 0 Å². The first-order chi connectivity index (χ1) is 7.58. The molecule has 0 unspecified atom stereocenters. The van der Waals surface area contributed by atoms with Gasteiger partial charge < -0.3 is 0 Å². The van der Waals surface area contributed by atoms with Gasteiger partial charge in [0.2, 0.25) is 0 Å². The van der Waals surface area contributed by atoms with Crippen LogP contribution in [0, 0.1) is 6.92 Å². The summed E-state index contributed by atoms with van der Waals surface area (Å²) in [6, 6.07) is 5.06. The molecule has 0 atom stereocenters.